The predicted octanol–water partition coefficient (Wildman–Crippen LogP) is 3.31. The Labute approximate surface area is 209 Å². The van der Waals surface area contributed by atoms with Crippen LogP contribution in [-0.4, -0.2) is 72.5 Å². The van der Waals surface area contributed by atoms with Crippen LogP contribution in [-0.2, 0) is 28.9 Å². The van der Waals surface area contributed by atoms with Gasteiger partial charge in [0.25, 0.3) is 5.91 Å². The lowest BCUT2D eigenvalue weighted by molar-refractivity contribution is -0.119. The van der Waals surface area contributed by atoms with Gasteiger partial charge in [-0.05, 0) is 30.2 Å². The molecule has 35 heavy (non-hydrogen) atoms. The second kappa shape index (κ2) is 9.22. The average molecular weight is 491 g/mol. The predicted molar refractivity (Wildman–Crippen MR) is 135 cm³/mol. The molecule has 180 valence electrons. The van der Waals surface area contributed by atoms with E-state index in [4.69, 9.17) is 21.3 Å². The second-order valence-corrected chi connectivity index (χ2v) is 9.80. The number of fused-ring (bicyclic) bond motifs is 3. The van der Waals surface area contributed by atoms with Gasteiger partial charge in [-0.15, -0.1) is 0 Å². The number of ether oxygens (including phenoxy) is 1. The van der Waals surface area contributed by atoms with Crippen LogP contribution in [0.4, 0.5) is 5.69 Å². The Hall–Kier alpha value is -3.00. The minimum atomic E-state index is 0.0273. The van der Waals surface area contributed by atoms with Crippen molar-refractivity contribution in [1.29, 1.82) is 0 Å². The van der Waals surface area contributed by atoms with E-state index in [0.29, 0.717) is 57.4 Å². The molecule has 2 amide bonds. The molecule has 7 nitrogen and oxygen atoms in total. The van der Waals surface area contributed by atoms with Gasteiger partial charge in [0, 0.05) is 66.5 Å². The van der Waals surface area contributed by atoms with Crippen molar-refractivity contribution in [2.75, 3.05) is 50.8 Å². The molecule has 0 saturated carbocycles. The topological polar surface area (TPSA) is 66.0 Å². The summed E-state index contributed by atoms with van der Waals surface area (Å²) in [5.74, 6) is 0.0868. The Balaban J connectivity index is 1.29. The molecule has 3 aliphatic heterocycles. The lowest BCUT2D eigenvalue weighted by Gasteiger charge is -2.33. The van der Waals surface area contributed by atoms with E-state index in [0.717, 1.165) is 51.9 Å². The van der Waals surface area contributed by atoms with E-state index in [2.05, 4.69) is 4.90 Å². The van der Waals surface area contributed by atoms with Gasteiger partial charge in [0.2, 0.25) is 5.91 Å². The normalized spacial score (nSPS) is 18.0. The van der Waals surface area contributed by atoms with Crippen LogP contribution >= 0.6 is 11.6 Å². The number of para-hydroxylation sites is 1. The van der Waals surface area contributed by atoms with E-state index in [9.17, 15) is 9.59 Å². The number of nitrogens with zero attached hydrogens (tertiary/aromatic N) is 4. The first-order chi connectivity index (χ1) is 17.1. The summed E-state index contributed by atoms with van der Waals surface area (Å²) in [6.07, 6.45) is 1.55. The van der Waals surface area contributed by atoms with E-state index >= 15 is 0 Å². The second-order valence-electron chi connectivity index (χ2n) is 9.36. The molecule has 0 spiro atoms. The van der Waals surface area contributed by atoms with Crippen molar-refractivity contribution in [2.45, 2.75) is 19.4 Å². The number of carbonyl (C=O) groups excluding carboxylic acids is 2. The lowest BCUT2D eigenvalue weighted by atomic mass is 9.94. The first kappa shape index (κ1) is 22.5. The van der Waals surface area contributed by atoms with Gasteiger partial charge in [0.15, 0.2) is 0 Å². The third kappa shape index (κ3) is 4.18. The number of pyridine rings is 1. The third-order valence-corrected chi connectivity index (χ3v) is 7.48. The number of anilines is 1. The van der Waals surface area contributed by atoms with Crippen molar-refractivity contribution in [3.63, 3.8) is 0 Å². The van der Waals surface area contributed by atoms with Crippen LogP contribution in [0.25, 0.3) is 10.9 Å². The van der Waals surface area contributed by atoms with E-state index in [1.165, 1.54) is 0 Å². The summed E-state index contributed by atoms with van der Waals surface area (Å²) < 4.78 is 5.46. The summed E-state index contributed by atoms with van der Waals surface area (Å²) in [6, 6.07) is 13.6. The largest absolute Gasteiger partial charge is 0.378 e. The number of rotatable bonds is 3. The van der Waals surface area contributed by atoms with Crippen LogP contribution in [0.3, 0.4) is 0 Å². The van der Waals surface area contributed by atoms with Crippen molar-refractivity contribution in [2.24, 2.45) is 0 Å². The molecule has 1 fully saturated rings. The number of carbonyl (C=O) groups is 2. The van der Waals surface area contributed by atoms with Crippen molar-refractivity contribution in [3.8, 4) is 0 Å². The molecule has 3 aliphatic rings. The fraction of sp³-hybridized carbons (Fsp3) is 0.370. The molecule has 1 aromatic heterocycles. The third-order valence-electron chi connectivity index (χ3n) is 7.24. The summed E-state index contributed by atoms with van der Waals surface area (Å²) >= 11 is 6.20. The number of benzene rings is 2. The van der Waals surface area contributed by atoms with Gasteiger partial charge in [-0.3, -0.25) is 19.5 Å². The number of halogens is 1. The van der Waals surface area contributed by atoms with Crippen LogP contribution in [0.2, 0.25) is 5.02 Å². The Kier molecular flexibility index (Phi) is 5.92. The van der Waals surface area contributed by atoms with Crippen molar-refractivity contribution < 1.29 is 14.3 Å². The summed E-state index contributed by atoms with van der Waals surface area (Å²) in [7, 11) is 0. The summed E-state index contributed by atoms with van der Waals surface area (Å²) in [5.41, 5.74) is 5.55. The van der Waals surface area contributed by atoms with Crippen molar-refractivity contribution in [1.82, 2.24) is 14.8 Å². The quantitative estimate of drug-likeness (QED) is 0.563. The van der Waals surface area contributed by atoms with Crippen LogP contribution in [0.15, 0.2) is 42.5 Å². The zero-order valence-corrected chi connectivity index (χ0v) is 20.3. The molecule has 0 aliphatic carbocycles. The fourth-order valence-corrected chi connectivity index (χ4v) is 5.60. The van der Waals surface area contributed by atoms with E-state index in [1.54, 1.807) is 0 Å². The maximum Gasteiger partial charge on any atom is 0.255 e. The van der Waals surface area contributed by atoms with Crippen LogP contribution in [0.1, 0.15) is 27.2 Å². The SMILES string of the molecule is O=C(c1c2c(nc3ccccc13)CCN(CC(=O)N1CCc3ccc(Cl)cc31)C2)N1CCOCC1. The molecular weight excluding hydrogens is 464 g/mol. The van der Waals surface area contributed by atoms with Crippen LogP contribution in [0, 0.1) is 0 Å². The smallest absolute Gasteiger partial charge is 0.255 e. The zero-order valence-electron chi connectivity index (χ0n) is 19.5. The molecule has 0 unspecified atom stereocenters. The highest BCUT2D eigenvalue weighted by molar-refractivity contribution is 6.31. The van der Waals surface area contributed by atoms with Gasteiger partial charge >= 0.3 is 0 Å². The molecule has 0 bridgehead atoms. The molecule has 6 rings (SSSR count). The molecule has 0 atom stereocenters. The highest BCUT2D eigenvalue weighted by atomic mass is 35.5. The molecule has 0 N–H and O–H groups in total. The maximum atomic E-state index is 13.7. The minimum absolute atomic E-state index is 0.0273. The molecule has 2 aromatic carbocycles. The number of morpholine rings is 1. The molecule has 1 saturated heterocycles. The van der Waals surface area contributed by atoms with Crippen molar-refractivity contribution in [3.05, 3.63) is 69.9 Å². The summed E-state index contributed by atoms with van der Waals surface area (Å²) in [5, 5.41) is 1.51. The van der Waals surface area contributed by atoms with E-state index in [-0.39, 0.29) is 11.8 Å². The van der Waals surface area contributed by atoms with Crippen LogP contribution in [0.5, 0.6) is 0 Å². The van der Waals surface area contributed by atoms with E-state index in [1.807, 2.05) is 52.3 Å². The molecule has 4 heterocycles. The minimum Gasteiger partial charge on any atom is -0.378 e. The summed E-state index contributed by atoms with van der Waals surface area (Å²) in [4.78, 5) is 37.8. The number of amides is 2. The van der Waals surface area contributed by atoms with Crippen molar-refractivity contribution >= 4 is 40.0 Å². The monoisotopic (exact) mass is 490 g/mol. The Morgan fingerprint density at radius 2 is 1.83 bits per heavy atom. The van der Waals surface area contributed by atoms with Gasteiger partial charge in [0.1, 0.15) is 0 Å². The number of hydrogen-bond acceptors (Lipinski definition) is 5. The molecule has 8 heteroatoms. The number of hydrogen-bond donors (Lipinski definition) is 0. The fourth-order valence-electron chi connectivity index (χ4n) is 5.44. The standard InChI is InChI=1S/C27H27ClN4O3/c28-19-6-5-18-7-10-32(24(18)15-19)25(33)17-30-9-8-23-21(16-30)26(20-3-1-2-4-22(20)29-23)27(34)31-11-13-35-14-12-31/h1-6,15H,7-14,16-17H2. The first-order valence-electron chi connectivity index (χ1n) is 12.2. The molecular formula is C27H27ClN4O3. The van der Waals surface area contributed by atoms with Gasteiger partial charge < -0.3 is 14.5 Å². The van der Waals surface area contributed by atoms with Gasteiger partial charge in [-0.25, -0.2) is 0 Å². The average Bonchev–Trinajstić information content (AvgIpc) is 3.30. The molecule has 3 aromatic rings. The van der Waals surface area contributed by atoms with Gasteiger partial charge in [0.05, 0.1) is 30.8 Å². The Morgan fingerprint density at radius 3 is 2.69 bits per heavy atom. The highest BCUT2D eigenvalue weighted by Crippen LogP contribution is 2.32. The van der Waals surface area contributed by atoms with Crippen LogP contribution < -0.4 is 4.90 Å². The van der Waals surface area contributed by atoms with Gasteiger partial charge in [-0.2, -0.15) is 0 Å². The Morgan fingerprint density at radius 1 is 1.00 bits per heavy atom. The zero-order chi connectivity index (χ0) is 23.9. The van der Waals surface area contributed by atoms with E-state index < -0.39 is 0 Å². The number of aromatic nitrogens is 1. The maximum absolute atomic E-state index is 13.7. The highest BCUT2D eigenvalue weighted by Gasteiger charge is 2.31. The first-order valence-corrected chi connectivity index (χ1v) is 12.5. The van der Waals surface area contributed by atoms with Gasteiger partial charge in [-0.1, -0.05) is 35.9 Å². The Bertz CT molecular complexity index is 1320. The lowest BCUT2D eigenvalue weighted by Crippen LogP contribution is -2.44. The molecule has 0 radical (unpaired) electrons. The summed E-state index contributed by atoms with van der Waals surface area (Å²) in [6.45, 7) is 4.51.